The lowest BCUT2D eigenvalue weighted by Crippen LogP contribution is -2.45. The first-order valence-electron chi connectivity index (χ1n) is 7.83. The van der Waals surface area contributed by atoms with Crippen LogP contribution in [0.5, 0.6) is 0 Å². The van der Waals surface area contributed by atoms with Crippen molar-refractivity contribution in [1.82, 2.24) is 0 Å². The van der Waals surface area contributed by atoms with Gasteiger partial charge in [-0.25, -0.2) is 4.79 Å². The van der Waals surface area contributed by atoms with Gasteiger partial charge in [0.1, 0.15) is 0 Å². The van der Waals surface area contributed by atoms with Crippen LogP contribution in [0.15, 0.2) is 0 Å². The van der Waals surface area contributed by atoms with Crippen molar-refractivity contribution in [2.75, 3.05) is 19.0 Å². The fourth-order valence-electron chi connectivity index (χ4n) is 1.83. The quantitative estimate of drug-likeness (QED) is 0.490. The highest BCUT2D eigenvalue weighted by Gasteiger charge is 2.49. The minimum Gasteiger partial charge on any atom is -0.465 e. The van der Waals surface area contributed by atoms with E-state index in [9.17, 15) is 14.4 Å². The summed E-state index contributed by atoms with van der Waals surface area (Å²) in [5.74, 6) is -1.39. The molecule has 0 unspecified atom stereocenters. The molecule has 1 atom stereocenters. The van der Waals surface area contributed by atoms with E-state index in [1.165, 1.54) is 11.8 Å². The zero-order valence-corrected chi connectivity index (χ0v) is 15.7. The van der Waals surface area contributed by atoms with E-state index in [1.54, 1.807) is 13.8 Å². The maximum atomic E-state index is 12.5. The Labute approximate surface area is 142 Å². The van der Waals surface area contributed by atoms with E-state index in [0.29, 0.717) is 6.42 Å². The maximum absolute atomic E-state index is 12.5. The zero-order chi connectivity index (χ0) is 18.1. The Kier molecular flexibility index (Phi) is 9.27. The molecule has 0 aliphatic carbocycles. The summed E-state index contributed by atoms with van der Waals surface area (Å²) in [4.78, 5) is 36.5. The van der Waals surface area contributed by atoms with Crippen LogP contribution in [0.3, 0.4) is 0 Å². The Bertz CT molecular complexity index is 415. The molecular formula is C16H28O6S. The molecule has 0 fully saturated rings. The van der Waals surface area contributed by atoms with E-state index < -0.39 is 23.5 Å². The van der Waals surface area contributed by atoms with Crippen LogP contribution in [0.1, 0.15) is 54.4 Å². The number of esters is 2. The van der Waals surface area contributed by atoms with Gasteiger partial charge in [0.25, 0.3) is 0 Å². The number of hydrogen-bond donors (Lipinski definition) is 0. The topological polar surface area (TPSA) is 78.9 Å². The first kappa shape index (κ1) is 21.8. The molecule has 0 heterocycles. The fourth-order valence-corrected chi connectivity index (χ4v) is 2.89. The van der Waals surface area contributed by atoms with E-state index in [4.69, 9.17) is 9.47 Å². The SMILES string of the molecule is CCC[C@@](CSC(C)(C)C)(C(=O)OCC)C(=O)OC(=O)OCC. The molecule has 0 rings (SSSR count). The molecule has 0 amide bonds. The number of carbonyl (C=O) groups excluding carboxylic acids is 3. The van der Waals surface area contributed by atoms with E-state index >= 15 is 0 Å². The highest BCUT2D eigenvalue weighted by atomic mass is 32.2. The van der Waals surface area contributed by atoms with Crippen LogP contribution in [0.4, 0.5) is 4.79 Å². The first-order valence-corrected chi connectivity index (χ1v) is 8.81. The Morgan fingerprint density at radius 1 is 0.913 bits per heavy atom. The summed E-state index contributed by atoms with van der Waals surface area (Å²) >= 11 is 1.45. The second-order valence-corrected chi connectivity index (χ2v) is 7.83. The Morgan fingerprint density at radius 3 is 1.91 bits per heavy atom. The minimum atomic E-state index is -1.50. The van der Waals surface area contributed by atoms with Crippen LogP contribution in [-0.4, -0.2) is 41.8 Å². The van der Waals surface area contributed by atoms with Gasteiger partial charge in [0.15, 0.2) is 5.41 Å². The van der Waals surface area contributed by atoms with Crippen molar-refractivity contribution in [3.63, 3.8) is 0 Å². The van der Waals surface area contributed by atoms with E-state index in [1.807, 2.05) is 27.7 Å². The molecule has 134 valence electrons. The van der Waals surface area contributed by atoms with Gasteiger partial charge >= 0.3 is 18.1 Å². The third kappa shape index (κ3) is 7.24. The molecular weight excluding hydrogens is 320 g/mol. The molecule has 23 heavy (non-hydrogen) atoms. The van der Waals surface area contributed by atoms with Crippen LogP contribution < -0.4 is 0 Å². The Hall–Kier alpha value is -1.24. The van der Waals surface area contributed by atoms with E-state index in [2.05, 4.69) is 4.74 Å². The summed E-state index contributed by atoms with van der Waals surface area (Å²) in [6, 6.07) is 0. The predicted molar refractivity (Wildman–Crippen MR) is 89.3 cm³/mol. The number of hydrogen-bond acceptors (Lipinski definition) is 7. The van der Waals surface area contributed by atoms with Crippen molar-refractivity contribution in [2.45, 2.75) is 59.1 Å². The molecule has 0 aromatic heterocycles. The van der Waals surface area contributed by atoms with E-state index in [0.717, 1.165) is 0 Å². The standard InChI is InChI=1S/C16H28O6S/c1-7-10-16(12(17)20-8-2,11-23-15(4,5)6)13(18)22-14(19)21-9-3/h7-11H2,1-6H3/t16-/m1/s1. The second-order valence-electron chi connectivity index (χ2n) is 6.03. The summed E-state index contributed by atoms with van der Waals surface area (Å²) in [7, 11) is 0. The van der Waals surface area contributed by atoms with Gasteiger partial charge in [-0.2, -0.15) is 11.8 Å². The van der Waals surface area contributed by atoms with E-state index in [-0.39, 0.29) is 30.1 Å². The van der Waals surface area contributed by atoms with Crippen molar-refractivity contribution in [3.8, 4) is 0 Å². The summed E-state index contributed by atoms with van der Waals surface area (Å²) in [6.45, 7) is 11.3. The molecule has 0 spiro atoms. The largest absolute Gasteiger partial charge is 0.516 e. The van der Waals surface area contributed by atoms with Crippen LogP contribution in [0.2, 0.25) is 0 Å². The normalized spacial score (nSPS) is 13.8. The lowest BCUT2D eigenvalue weighted by molar-refractivity contribution is -0.168. The van der Waals surface area contributed by atoms with Crippen molar-refractivity contribution in [3.05, 3.63) is 0 Å². The fraction of sp³-hybridized carbons (Fsp3) is 0.812. The van der Waals surface area contributed by atoms with Crippen LogP contribution in [-0.2, 0) is 23.8 Å². The Morgan fingerprint density at radius 2 is 1.48 bits per heavy atom. The predicted octanol–water partition coefficient (Wildman–Crippen LogP) is 3.57. The van der Waals surface area contributed by atoms with Gasteiger partial charge in [-0.3, -0.25) is 9.59 Å². The van der Waals surface area contributed by atoms with Gasteiger partial charge in [-0.05, 0) is 20.3 Å². The molecule has 0 aliphatic rings. The van der Waals surface area contributed by atoms with Crippen LogP contribution in [0, 0.1) is 5.41 Å². The number of ether oxygens (including phenoxy) is 3. The monoisotopic (exact) mass is 348 g/mol. The smallest absolute Gasteiger partial charge is 0.465 e. The summed E-state index contributed by atoms with van der Waals surface area (Å²) < 4.78 is 14.3. The average Bonchev–Trinajstić information content (AvgIpc) is 2.42. The van der Waals surface area contributed by atoms with Gasteiger partial charge in [-0.15, -0.1) is 0 Å². The summed E-state index contributed by atoms with van der Waals surface area (Å²) in [5, 5.41) is 0. The van der Waals surface area contributed by atoms with Crippen molar-refractivity contribution < 1.29 is 28.6 Å². The average molecular weight is 348 g/mol. The van der Waals surface area contributed by atoms with Crippen LogP contribution >= 0.6 is 11.8 Å². The number of thioether (sulfide) groups is 1. The number of rotatable bonds is 8. The van der Waals surface area contributed by atoms with Gasteiger partial charge < -0.3 is 14.2 Å². The Balaban J connectivity index is 5.47. The lowest BCUT2D eigenvalue weighted by Gasteiger charge is -2.30. The van der Waals surface area contributed by atoms with Gasteiger partial charge in [0.2, 0.25) is 0 Å². The van der Waals surface area contributed by atoms with Crippen molar-refractivity contribution in [1.29, 1.82) is 0 Å². The van der Waals surface area contributed by atoms with Gasteiger partial charge in [0, 0.05) is 10.5 Å². The van der Waals surface area contributed by atoms with Crippen LogP contribution in [0.25, 0.3) is 0 Å². The minimum absolute atomic E-state index is 0.0863. The second kappa shape index (κ2) is 9.80. The van der Waals surface area contributed by atoms with Gasteiger partial charge in [0.05, 0.1) is 13.2 Å². The third-order valence-electron chi connectivity index (χ3n) is 2.92. The molecule has 0 aliphatic heterocycles. The third-order valence-corrected chi connectivity index (χ3v) is 4.43. The highest BCUT2D eigenvalue weighted by Crippen LogP contribution is 2.37. The lowest BCUT2D eigenvalue weighted by atomic mass is 9.85. The molecule has 0 saturated carbocycles. The zero-order valence-electron chi connectivity index (χ0n) is 14.9. The van der Waals surface area contributed by atoms with Crippen molar-refractivity contribution in [2.24, 2.45) is 5.41 Å². The summed E-state index contributed by atoms with van der Waals surface area (Å²) in [5.41, 5.74) is -1.50. The molecule has 0 bridgehead atoms. The molecule has 0 N–H and O–H groups in total. The first-order chi connectivity index (χ1) is 10.6. The number of carbonyl (C=O) groups is 3. The molecule has 0 aromatic carbocycles. The van der Waals surface area contributed by atoms with Gasteiger partial charge in [-0.1, -0.05) is 34.1 Å². The molecule has 7 heteroatoms. The summed E-state index contributed by atoms with van der Waals surface area (Å²) in [6.07, 6.45) is -0.280. The molecule has 0 aromatic rings. The molecule has 0 saturated heterocycles. The molecule has 6 nitrogen and oxygen atoms in total. The maximum Gasteiger partial charge on any atom is 0.516 e. The highest BCUT2D eigenvalue weighted by molar-refractivity contribution is 8.00. The van der Waals surface area contributed by atoms with Crippen molar-refractivity contribution >= 4 is 29.9 Å². The molecule has 0 radical (unpaired) electrons.